The lowest BCUT2D eigenvalue weighted by Gasteiger charge is -2.20. The Bertz CT molecular complexity index is 1010. The highest BCUT2D eigenvalue weighted by molar-refractivity contribution is 6.08. The van der Waals surface area contributed by atoms with Gasteiger partial charge in [-0.3, -0.25) is 4.79 Å². The highest BCUT2D eigenvalue weighted by Crippen LogP contribution is 2.46. The molecule has 0 radical (unpaired) electrons. The summed E-state index contributed by atoms with van der Waals surface area (Å²) in [6.07, 6.45) is 0.816. The van der Waals surface area contributed by atoms with E-state index in [-0.39, 0.29) is 0 Å². The van der Waals surface area contributed by atoms with E-state index < -0.39 is 0 Å². The molecule has 0 aliphatic rings. The van der Waals surface area contributed by atoms with Gasteiger partial charge in [0.1, 0.15) is 23.0 Å². The van der Waals surface area contributed by atoms with Crippen LogP contribution < -0.4 is 18.9 Å². The number of methoxy groups -OCH3 is 4. The van der Waals surface area contributed by atoms with Crippen LogP contribution in [-0.4, -0.2) is 34.7 Å². The minimum absolute atomic E-state index is 0.489. The summed E-state index contributed by atoms with van der Waals surface area (Å²) in [6, 6.07) is 11.2. The summed E-state index contributed by atoms with van der Waals surface area (Å²) in [5, 5.41) is 1.76. The molecule has 0 heterocycles. The average Bonchev–Trinajstić information content (AvgIpc) is 2.71. The quantitative estimate of drug-likeness (QED) is 0.594. The van der Waals surface area contributed by atoms with E-state index in [2.05, 4.69) is 0 Å². The fourth-order valence-electron chi connectivity index (χ4n) is 3.46. The van der Waals surface area contributed by atoms with Crippen molar-refractivity contribution in [2.24, 2.45) is 0 Å². The minimum Gasteiger partial charge on any atom is -0.497 e. The molecule has 0 aliphatic carbocycles. The van der Waals surface area contributed by atoms with Crippen LogP contribution in [0.1, 0.15) is 15.9 Å². The van der Waals surface area contributed by atoms with Gasteiger partial charge in [-0.25, -0.2) is 0 Å². The first kappa shape index (κ1) is 18.6. The molecule has 0 amide bonds. The molecule has 0 saturated heterocycles. The van der Waals surface area contributed by atoms with Crippen LogP contribution in [0.25, 0.3) is 21.9 Å². The van der Waals surface area contributed by atoms with Crippen LogP contribution in [0.3, 0.4) is 0 Å². The molecule has 0 N–H and O–H groups in total. The van der Waals surface area contributed by atoms with Crippen molar-refractivity contribution >= 4 is 17.1 Å². The molecule has 0 fully saturated rings. The van der Waals surface area contributed by atoms with Gasteiger partial charge >= 0.3 is 0 Å². The third kappa shape index (κ3) is 3.05. The fourth-order valence-corrected chi connectivity index (χ4v) is 3.46. The largest absolute Gasteiger partial charge is 0.497 e. The molecule has 27 heavy (non-hydrogen) atoms. The molecule has 5 nitrogen and oxygen atoms in total. The van der Waals surface area contributed by atoms with E-state index in [1.54, 1.807) is 40.6 Å². The number of carbonyl (C=O) groups is 1. The van der Waals surface area contributed by atoms with Gasteiger partial charge in [0.05, 0.1) is 33.8 Å². The van der Waals surface area contributed by atoms with Crippen molar-refractivity contribution in [3.8, 4) is 34.1 Å². The maximum Gasteiger partial charge on any atom is 0.150 e. The van der Waals surface area contributed by atoms with Crippen LogP contribution in [0.4, 0.5) is 0 Å². The average molecular weight is 366 g/mol. The SMILES string of the molecule is COc1cc(C=O)c(-c2c(C)cc(OC)c3c(OC)cccc23)c(OC)c1. The molecule has 0 aromatic heterocycles. The Morgan fingerprint density at radius 2 is 1.48 bits per heavy atom. The number of fused-ring (bicyclic) bond motifs is 1. The molecule has 0 aliphatic heterocycles. The van der Waals surface area contributed by atoms with Gasteiger partial charge in [-0.1, -0.05) is 12.1 Å². The Hall–Kier alpha value is -3.21. The Morgan fingerprint density at radius 1 is 0.778 bits per heavy atom. The van der Waals surface area contributed by atoms with Crippen molar-refractivity contribution in [1.29, 1.82) is 0 Å². The molecule has 0 atom stereocenters. The number of rotatable bonds is 6. The van der Waals surface area contributed by atoms with Gasteiger partial charge in [0.25, 0.3) is 0 Å². The van der Waals surface area contributed by atoms with Gasteiger partial charge in [-0.2, -0.15) is 0 Å². The van der Waals surface area contributed by atoms with Crippen molar-refractivity contribution < 1.29 is 23.7 Å². The Kier molecular flexibility index (Phi) is 5.21. The van der Waals surface area contributed by atoms with Crippen LogP contribution in [0, 0.1) is 6.92 Å². The third-order valence-electron chi connectivity index (χ3n) is 4.66. The maximum atomic E-state index is 11.9. The molecule has 0 bridgehead atoms. The summed E-state index contributed by atoms with van der Waals surface area (Å²) in [5.41, 5.74) is 3.06. The number of hydrogen-bond acceptors (Lipinski definition) is 5. The maximum absolute atomic E-state index is 11.9. The lowest BCUT2D eigenvalue weighted by Crippen LogP contribution is -2.00. The van der Waals surface area contributed by atoms with Crippen molar-refractivity contribution in [3.63, 3.8) is 0 Å². The lowest BCUT2D eigenvalue weighted by atomic mass is 9.89. The number of hydrogen-bond donors (Lipinski definition) is 0. The summed E-state index contributed by atoms with van der Waals surface area (Å²) in [5.74, 6) is 2.54. The normalized spacial score (nSPS) is 10.6. The van der Waals surface area contributed by atoms with Crippen molar-refractivity contribution in [3.05, 3.63) is 47.5 Å². The number of ether oxygens (including phenoxy) is 4. The molecule has 0 unspecified atom stereocenters. The topological polar surface area (TPSA) is 54.0 Å². The molecule has 140 valence electrons. The zero-order chi connectivity index (χ0) is 19.6. The second kappa shape index (κ2) is 7.58. The Labute approximate surface area is 158 Å². The monoisotopic (exact) mass is 366 g/mol. The molecular weight excluding hydrogens is 344 g/mol. The van der Waals surface area contributed by atoms with E-state index in [1.165, 1.54) is 0 Å². The first-order valence-corrected chi connectivity index (χ1v) is 8.45. The molecule has 5 heteroatoms. The zero-order valence-electron chi connectivity index (χ0n) is 16.1. The fraction of sp³-hybridized carbons (Fsp3) is 0.227. The smallest absolute Gasteiger partial charge is 0.150 e. The van der Waals surface area contributed by atoms with Gasteiger partial charge in [-0.15, -0.1) is 0 Å². The van der Waals surface area contributed by atoms with Gasteiger partial charge in [-0.05, 0) is 41.6 Å². The van der Waals surface area contributed by atoms with Crippen LogP contribution in [0.5, 0.6) is 23.0 Å². The van der Waals surface area contributed by atoms with Crippen molar-refractivity contribution in [2.75, 3.05) is 28.4 Å². The summed E-state index contributed by atoms with van der Waals surface area (Å²) in [4.78, 5) is 11.9. The van der Waals surface area contributed by atoms with Gasteiger partial charge in [0.15, 0.2) is 6.29 Å². The van der Waals surface area contributed by atoms with E-state index in [0.717, 1.165) is 28.2 Å². The van der Waals surface area contributed by atoms with E-state index in [9.17, 15) is 4.79 Å². The number of carbonyl (C=O) groups excluding carboxylic acids is 1. The highest BCUT2D eigenvalue weighted by Gasteiger charge is 2.21. The number of benzene rings is 3. The van der Waals surface area contributed by atoms with Crippen molar-refractivity contribution in [1.82, 2.24) is 0 Å². The van der Waals surface area contributed by atoms with E-state index >= 15 is 0 Å². The second-order valence-electron chi connectivity index (χ2n) is 6.07. The van der Waals surface area contributed by atoms with Gasteiger partial charge in [0, 0.05) is 17.2 Å². The minimum atomic E-state index is 0.489. The molecule has 3 rings (SSSR count). The summed E-state index contributed by atoms with van der Waals surface area (Å²) < 4.78 is 22.0. The predicted molar refractivity (Wildman–Crippen MR) is 106 cm³/mol. The lowest BCUT2D eigenvalue weighted by molar-refractivity contribution is 0.112. The standard InChI is InChI=1S/C22H22O5/c1-13-9-18(26-4)22-16(7-6-8-17(22)25-3)20(13)21-14(12-23)10-15(24-2)11-19(21)27-5/h6-12H,1-5H3. The first-order chi connectivity index (χ1) is 13.1. The number of aldehydes is 1. The van der Waals surface area contributed by atoms with E-state index in [0.29, 0.717) is 34.1 Å². The second-order valence-corrected chi connectivity index (χ2v) is 6.07. The van der Waals surface area contributed by atoms with Crippen LogP contribution in [-0.2, 0) is 0 Å². The first-order valence-electron chi connectivity index (χ1n) is 8.45. The van der Waals surface area contributed by atoms with Gasteiger partial charge in [0.2, 0.25) is 0 Å². The summed E-state index contributed by atoms with van der Waals surface area (Å²) in [7, 11) is 6.39. The van der Waals surface area contributed by atoms with E-state index in [1.807, 2.05) is 31.2 Å². The van der Waals surface area contributed by atoms with Crippen LogP contribution >= 0.6 is 0 Å². The van der Waals surface area contributed by atoms with Crippen molar-refractivity contribution in [2.45, 2.75) is 6.92 Å². The molecule has 3 aromatic carbocycles. The molecule has 0 saturated carbocycles. The molecular formula is C22H22O5. The van der Waals surface area contributed by atoms with Crippen LogP contribution in [0.15, 0.2) is 36.4 Å². The Morgan fingerprint density at radius 3 is 2.07 bits per heavy atom. The zero-order valence-corrected chi connectivity index (χ0v) is 16.1. The molecule has 3 aromatic rings. The predicted octanol–water partition coefficient (Wildman–Crippen LogP) is 4.66. The van der Waals surface area contributed by atoms with Crippen LogP contribution in [0.2, 0.25) is 0 Å². The van der Waals surface area contributed by atoms with E-state index in [4.69, 9.17) is 18.9 Å². The molecule has 0 spiro atoms. The highest BCUT2D eigenvalue weighted by atomic mass is 16.5. The third-order valence-corrected chi connectivity index (χ3v) is 4.66. The number of aryl methyl sites for hydroxylation is 1. The van der Waals surface area contributed by atoms with Gasteiger partial charge < -0.3 is 18.9 Å². The summed E-state index contributed by atoms with van der Waals surface area (Å²) >= 11 is 0. The summed E-state index contributed by atoms with van der Waals surface area (Å²) in [6.45, 7) is 1.98. The Balaban J connectivity index is 2.50.